The number of hydrogen-bond acceptors (Lipinski definition) is 2. The van der Waals surface area contributed by atoms with E-state index in [1.807, 2.05) is 6.07 Å². The summed E-state index contributed by atoms with van der Waals surface area (Å²) in [5, 5.41) is 4.21. The quantitative estimate of drug-likeness (QED) is 0.560. The number of hydrogen-bond donors (Lipinski definition) is 1. The van der Waals surface area contributed by atoms with E-state index >= 15 is 0 Å². The van der Waals surface area contributed by atoms with Gasteiger partial charge in [-0.1, -0.05) is 29.8 Å². The van der Waals surface area contributed by atoms with Crippen molar-refractivity contribution >= 4 is 28.9 Å². The lowest BCUT2D eigenvalue weighted by molar-refractivity contribution is -0.141. The van der Waals surface area contributed by atoms with Gasteiger partial charge in [0, 0.05) is 23.5 Å². The van der Waals surface area contributed by atoms with Crippen molar-refractivity contribution in [3.8, 4) is 0 Å². The molecule has 0 spiro atoms. The fourth-order valence-electron chi connectivity index (χ4n) is 4.92. The summed E-state index contributed by atoms with van der Waals surface area (Å²) >= 11 is 12.1. The molecule has 4 atom stereocenters. The Hall–Kier alpha value is -1.72. The van der Waals surface area contributed by atoms with Gasteiger partial charge in [-0.3, -0.25) is 4.98 Å². The second kappa shape index (κ2) is 7.27. The predicted octanol–water partition coefficient (Wildman–Crippen LogP) is 7.16. The minimum atomic E-state index is -4.45. The molecule has 1 N–H and O–H groups in total. The van der Waals surface area contributed by atoms with Crippen LogP contribution in [0.1, 0.15) is 36.4 Å². The molecule has 4 rings (SSSR count). The van der Waals surface area contributed by atoms with E-state index < -0.39 is 11.9 Å². The predicted molar refractivity (Wildman–Crippen MR) is 106 cm³/mol. The van der Waals surface area contributed by atoms with E-state index in [4.69, 9.17) is 23.2 Å². The first kappa shape index (κ1) is 19.6. The van der Waals surface area contributed by atoms with Gasteiger partial charge in [-0.25, -0.2) is 0 Å². The zero-order chi connectivity index (χ0) is 20.1. The van der Waals surface area contributed by atoms with Crippen LogP contribution in [0, 0.1) is 17.8 Å². The lowest BCUT2D eigenvalue weighted by atomic mass is 9.74. The van der Waals surface area contributed by atoms with Crippen molar-refractivity contribution in [3.63, 3.8) is 0 Å². The fraction of sp³-hybridized carbons (Fsp3) is 0.381. The second-order valence-electron chi connectivity index (χ2n) is 7.64. The summed E-state index contributed by atoms with van der Waals surface area (Å²) in [6.07, 6.45) is -0.0590. The Morgan fingerprint density at radius 2 is 1.82 bits per heavy atom. The first-order chi connectivity index (χ1) is 13.2. The molecule has 0 radical (unpaired) electrons. The first-order valence-corrected chi connectivity index (χ1v) is 9.93. The highest BCUT2D eigenvalue weighted by molar-refractivity contribution is 6.42. The Morgan fingerprint density at radius 3 is 2.54 bits per heavy atom. The Balaban J connectivity index is 1.62. The third-order valence-electron chi connectivity index (χ3n) is 6.00. The molecule has 2 bridgehead atoms. The minimum Gasteiger partial charge on any atom is -0.359 e. The topological polar surface area (TPSA) is 24.9 Å². The molecule has 2 fully saturated rings. The van der Waals surface area contributed by atoms with Crippen LogP contribution in [0.5, 0.6) is 0 Å². The van der Waals surface area contributed by atoms with E-state index in [-0.39, 0.29) is 11.8 Å². The Bertz CT molecular complexity index is 913. The van der Waals surface area contributed by atoms with Crippen LogP contribution >= 0.6 is 23.2 Å². The number of rotatable bonds is 4. The molecule has 2 saturated carbocycles. The van der Waals surface area contributed by atoms with Crippen LogP contribution in [-0.4, -0.2) is 4.98 Å². The molecule has 0 aliphatic heterocycles. The van der Waals surface area contributed by atoms with Crippen LogP contribution in [0.3, 0.4) is 0 Å². The van der Waals surface area contributed by atoms with Crippen molar-refractivity contribution in [1.82, 2.24) is 4.98 Å². The maximum Gasteiger partial charge on any atom is 0.433 e. The molecule has 1 aromatic carbocycles. The van der Waals surface area contributed by atoms with E-state index in [9.17, 15) is 13.2 Å². The number of pyridine rings is 1. The monoisotopic (exact) mass is 426 g/mol. The molecule has 1 heterocycles. The van der Waals surface area contributed by atoms with Gasteiger partial charge < -0.3 is 5.32 Å². The lowest BCUT2D eigenvalue weighted by Gasteiger charge is -2.33. The molecule has 2 aliphatic carbocycles. The first-order valence-electron chi connectivity index (χ1n) is 9.18. The molecule has 2 aliphatic rings. The number of fused-ring (bicyclic) bond motifs is 2. The summed E-state index contributed by atoms with van der Waals surface area (Å²) < 4.78 is 39.4. The summed E-state index contributed by atoms with van der Waals surface area (Å²) in [7, 11) is 0. The van der Waals surface area contributed by atoms with Crippen molar-refractivity contribution in [2.24, 2.45) is 17.8 Å². The highest BCUT2D eigenvalue weighted by Gasteiger charge is 2.49. The summed E-state index contributed by atoms with van der Waals surface area (Å²) in [4.78, 5) is 3.51. The zero-order valence-corrected chi connectivity index (χ0v) is 16.5. The van der Waals surface area contributed by atoms with Crippen LogP contribution in [0.25, 0.3) is 0 Å². The molecule has 4 unspecified atom stereocenters. The molecule has 2 nitrogen and oxygen atoms in total. The smallest absolute Gasteiger partial charge is 0.359 e. The van der Waals surface area contributed by atoms with E-state index in [2.05, 4.69) is 16.9 Å². The van der Waals surface area contributed by atoms with Gasteiger partial charge in [-0.2, -0.15) is 13.2 Å². The van der Waals surface area contributed by atoms with Crippen LogP contribution in [0.4, 0.5) is 18.9 Å². The molecule has 0 amide bonds. The van der Waals surface area contributed by atoms with Gasteiger partial charge in [0.2, 0.25) is 0 Å². The normalized spacial score (nSPS) is 26.5. The third-order valence-corrected chi connectivity index (χ3v) is 6.74. The highest BCUT2D eigenvalue weighted by atomic mass is 35.5. The minimum absolute atomic E-state index is 0.00521. The van der Waals surface area contributed by atoms with Gasteiger partial charge in [0.25, 0.3) is 0 Å². The maximum absolute atomic E-state index is 13.1. The van der Waals surface area contributed by atoms with Crippen LogP contribution < -0.4 is 5.32 Å². The SMILES string of the molecule is C=C(Nc1ccc(Cl)c(Cl)c1)C1C2CCC(C2)C1c1ccnc(C(F)(F)F)c1. The van der Waals surface area contributed by atoms with Gasteiger partial charge in [0.15, 0.2) is 0 Å². The Morgan fingerprint density at radius 1 is 1.07 bits per heavy atom. The Kier molecular flexibility index (Phi) is 5.09. The van der Waals surface area contributed by atoms with Crippen molar-refractivity contribution < 1.29 is 13.2 Å². The number of benzene rings is 1. The standard InChI is InChI=1S/C21H19Cl2F3N2/c1-11(28-15-4-5-16(22)17(23)10-15)19-12-2-3-13(8-12)20(19)14-6-7-27-18(9-14)21(24,25)26/h4-7,9-10,12-13,19-20,28H,1-3,8H2. The molecule has 7 heteroatoms. The molecule has 148 valence electrons. The van der Waals surface area contributed by atoms with Crippen molar-refractivity contribution in [1.29, 1.82) is 0 Å². The van der Waals surface area contributed by atoms with E-state index in [1.54, 1.807) is 18.2 Å². The average Bonchev–Trinajstić information content (AvgIpc) is 3.25. The largest absolute Gasteiger partial charge is 0.433 e. The number of halogens is 5. The van der Waals surface area contributed by atoms with Gasteiger partial charge in [0.1, 0.15) is 5.69 Å². The molecule has 28 heavy (non-hydrogen) atoms. The third kappa shape index (κ3) is 3.62. The second-order valence-corrected chi connectivity index (χ2v) is 8.45. The number of alkyl halides is 3. The number of aromatic nitrogens is 1. The van der Waals surface area contributed by atoms with Crippen molar-refractivity contribution in [2.45, 2.75) is 31.4 Å². The average molecular weight is 427 g/mol. The van der Waals surface area contributed by atoms with E-state index in [0.717, 1.165) is 30.6 Å². The molecule has 1 aromatic heterocycles. The maximum atomic E-state index is 13.1. The van der Waals surface area contributed by atoms with E-state index in [0.29, 0.717) is 27.4 Å². The number of nitrogens with zero attached hydrogens (tertiary/aromatic N) is 1. The van der Waals surface area contributed by atoms with Gasteiger partial charge >= 0.3 is 6.18 Å². The van der Waals surface area contributed by atoms with Crippen molar-refractivity contribution in [2.75, 3.05) is 5.32 Å². The van der Waals surface area contributed by atoms with Crippen molar-refractivity contribution in [3.05, 3.63) is 70.1 Å². The number of allylic oxidation sites excluding steroid dienone is 1. The van der Waals surface area contributed by atoms with Gasteiger partial charge in [-0.05, 0) is 72.9 Å². The molecular formula is C21H19Cl2F3N2. The lowest BCUT2D eigenvalue weighted by Crippen LogP contribution is -2.25. The summed E-state index contributed by atoms with van der Waals surface area (Å²) in [6.45, 7) is 4.22. The van der Waals surface area contributed by atoms with Crippen LogP contribution in [-0.2, 0) is 6.18 Å². The Labute approximate surface area is 171 Å². The van der Waals surface area contributed by atoms with Gasteiger partial charge in [0.05, 0.1) is 10.0 Å². The van der Waals surface area contributed by atoms with E-state index in [1.165, 1.54) is 12.3 Å². The summed E-state index contributed by atoms with van der Waals surface area (Å²) in [5.41, 5.74) is 1.43. The molecular weight excluding hydrogens is 408 g/mol. The zero-order valence-electron chi connectivity index (χ0n) is 14.9. The van der Waals surface area contributed by atoms with Crippen LogP contribution in [0.15, 0.2) is 48.8 Å². The fourth-order valence-corrected chi connectivity index (χ4v) is 5.22. The molecule has 2 aromatic rings. The summed E-state index contributed by atoms with van der Waals surface area (Å²) in [6, 6.07) is 8.16. The molecule has 0 saturated heterocycles. The van der Waals surface area contributed by atoms with Gasteiger partial charge in [-0.15, -0.1) is 0 Å². The summed E-state index contributed by atoms with van der Waals surface area (Å²) in [5.74, 6) is 0.855. The van der Waals surface area contributed by atoms with Crippen LogP contribution in [0.2, 0.25) is 10.0 Å². The number of anilines is 1. The highest BCUT2D eigenvalue weighted by Crippen LogP contribution is 2.58. The number of nitrogens with one attached hydrogen (secondary N) is 1.